The highest BCUT2D eigenvalue weighted by molar-refractivity contribution is 5.95. The second-order valence-corrected chi connectivity index (χ2v) is 7.81. The van der Waals surface area contributed by atoms with E-state index < -0.39 is 0 Å². The van der Waals surface area contributed by atoms with Crippen molar-refractivity contribution in [2.24, 2.45) is 0 Å². The smallest absolute Gasteiger partial charge is 0.263 e. The summed E-state index contributed by atoms with van der Waals surface area (Å²) in [7, 11) is 0. The minimum atomic E-state index is -0.190. The van der Waals surface area contributed by atoms with Crippen molar-refractivity contribution in [3.63, 3.8) is 0 Å². The molecular formula is C22H29N5O3. The van der Waals surface area contributed by atoms with Gasteiger partial charge < -0.3 is 19.1 Å². The number of ether oxygens (including phenoxy) is 1. The molecule has 8 nitrogen and oxygen atoms in total. The Kier molecular flexibility index (Phi) is 6.44. The van der Waals surface area contributed by atoms with Crippen molar-refractivity contribution in [3.8, 4) is 0 Å². The van der Waals surface area contributed by atoms with Gasteiger partial charge in [-0.25, -0.2) is 0 Å². The average Bonchev–Trinajstić information content (AvgIpc) is 2.80. The number of carbonyl (C=O) groups is 1. The molecule has 0 spiro atoms. The number of rotatable bonds is 5. The molecule has 160 valence electrons. The largest absolute Gasteiger partial charge is 0.379 e. The van der Waals surface area contributed by atoms with Crippen LogP contribution in [-0.4, -0.2) is 84.3 Å². The molecular weight excluding hydrogens is 382 g/mol. The van der Waals surface area contributed by atoms with Gasteiger partial charge >= 0.3 is 0 Å². The van der Waals surface area contributed by atoms with E-state index in [1.165, 1.54) is 0 Å². The van der Waals surface area contributed by atoms with Gasteiger partial charge in [-0.3, -0.25) is 19.5 Å². The maximum Gasteiger partial charge on any atom is 0.263 e. The summed E-state index contributed by atoms with van der Waals surface area (Å²) in [4.78, 5) is 36.7. The predicted octanol–water partition coefficient (Wildman–Crippen LogP) is 0.846. The molecule has 2 fully saturated rings. The van der Waals surface area contributed by atoms with Crippen LogP contribution in [0.4, 0.5) is 5.69 Å². The van der Waals surface area contributed by atoms with Crippen molar-refractivity contribution in [2.75, 3.05) is 63.9 Å². The van der Waals surface area contributed by atoms with Crippen LogP contribution in [0, 0.1) is 6.92 Å². The summed E-state index contributed by atoms with van der Waals surface area (Å²) in [6, 6.07) is 5.83. The summed E-state index contributed by atoms with van der Waals surface area (Å²) in [5.74, 6) is -0.160. The molecule has 0 saturated carbocycles. The van der Waals surface area contributed by atoms with E-state index >= 15 is 0 Å². The van der Waals surface area contributed by atoms with Gasteiger partial charge in [0.1, 0.15) is 5.56 Å². The molecule has 4 heterocycles. The Morgan fingerprint density at radius 3 is 2.40 bits per heavy atom. The zero-order valence-corrected chi connectivity index (χ0v) is 17.5. The van der Waals surface area contributed by atoms with E-state index in [4.69, 9.17) is 4.74 Å². The van der Waals surface area contributed by atoms with E-state index in [0.717, 1.165) is 57.2 Å². The maximum absolute atomic E-state index is 13.2. The highest BCUT2D eigenvalue weighted by atomic mass is 16.5. The lowest BCUT2D eigenvalue weighted by atomic mass is 10.1. The first-order valence-corrected chi connectivity index (χ1v) is 10.6. The van der Waals surface area contributed by atoms with Crippen molar-refractivity contribution in [2.45, 2.75) is 13.5 Å². The first kappa shape index (κ1) is 20.6. The molecule has 0 aromatic carbocycles. The number of anilines is 1. The van der Waals surface area contributed by atoms with Crippen LogP contribution in [0.3, 0.4) is 0 Å². The molecule has 0 bridgehead atoms. The van der Waals surface area contributed by atoms with E-state index in [2.05, 4.69) is 14.8 Å². The molecule has 8 heteroatoms. The van der Waals surface area contributed by atoms with Crippen LogP contribution in [0.15, 0.2) is 41.6 Å². The lowest BCUT2D eigenvalue weighted by Gasteiger charge is -2.36. The van der Waals surface area contributed by atoms with Crippen molar-refractivity contribution in [3.05, 3.63) is 58.3 Å². The molecule has 30 heavy (non-hydrogen) atoms. The Morgan fingerprint density at radius 2 is 1.70 bits per heavy atom. The molecule has 0 atom stereocenters. The quantitative estimate of drug-likeness (QED) is 0.727. The Balaban J connectivity index is 1.42. The van der Waals surface area contributed by atoms with E-state index in [1.807, 2.05) is 25.1 Å². The van der Waals surface area contributed by atoms with Gasteiger partial charge in [0.15, 0.2) is 0 Å². The van der Waals surface area contributed by atoms with Crippen LogP contribution >= 0.6 is 0 Å². The van der Waals surface area contributed by atoms with Gasteiger partial charge in [0.2, 0.25) is 0 Å². The zero-order chi connectivity index (χ0) is 20.9. The normalized spacial score (nSPS) is 17.9. The van der Waals surface area contributed by atoms with Crippen molar-refractivity contribution >= 4 is 11.6 Å². The van der Waals surface area contributed by atoms with Gasteiger partial charge in [0.25, 0.3) is 11.5 Å². The Morgan fingerprint density at radius 1 is 1.00 bits per heavy atom. The van der Waals surface area contributed by atoms with Crippen LogP contribution in [0.25, 0.3) is 0 Å². The van der Waals surface area contributed by atoms with Crippen LogP contribution in [0.5, 0.6) is 0 Å². The molecule has 0 radical (unpaired) electrons. The lowest BCUT2D eigenvalue weighted by molar-refractivity contribution is 0.0362. The number of piperazine rings is 1. The number of amides is 1. The first-order chi connectivity index (χ1) is 14.6. The minimum Gasteiger partial charge on any atom is -0.379 e. The number of hydrogen-bond donors (Lipinski definition) is 0. The fourth-order valence-electron chi connectivity index (χ4n) is 4.06. The summed E-state index contributed by atoms with van der Waals surface area (Å²) in [6.07, 6.45) is 5.36. The molecule has 2 aromatic heterocycles. The SMILES string of the molecule is Cc1ccn(CCN2CCOCC2)c(=O)c1C(=O)N1CCN(c2ccncc2)CC1. The van der Waals surface area contributed by atoms with Crippen LogP contribution in [-0.2, 0) is 11.3 Å². The standard InChI is InChI=1S/C22H29N5O3/c1-18-4-7-26(9-8-24-14-16-30-17-15-24)21(28)20(18)22(29)27-12-10-25(11-13-27)19-2-5-23-6-3-19/h2-7H,8-17H2,1H3. The molecule has 4 rings (SSSR count). The molecule has 0 aliphatic carbocycles. The van der Waals surface area contributed by atoms with E-state index in [1.54, 1.807) is 28.1 Å². The molecule has 2 aliphatic heterocycles. The summed E-state index contributed by atoms with van der Waals surface area (Å²) < 4.78 is 7.05. The highest BCUT2D eigenvalue weighted by Crippen LogP contribution is 2.16. The Bertz CT molecular complexity index is 916. The Labute approximate surface area is 176 Å². The van der Waals surface area contributed by atoms with Crippen molar-refractivity contribution < 1.29 is 9.53 Å². The average molecular weight is 412 g/mol. The van der Waals surface area contributed by atoms with Gasteiger partial charge in [0.05, 0.1) is 13.2 Å². The van der Waals surface area contributed by atoms with E-state index in [-0.39, 0.29) is 11.5 Å². The summed E-state index contributed by atoms with van der Waals surface area (Å²) in [5, 5.41) is 0. The predicted molar refractivity (Wildman–Crippen MR) is 115 cm³/mol. The summed E-state index contributed by atoms with van der Waals surface area (Å²) >= 11 is 0. The number of nitrogens with zero attached hydrogens (tertiary/aromatic N) is 5. The van der Waals surface area contributed by atoms with E-state index in [0.29, 0.717) is 25.2 Å². The molecule has 2 aromatic rings. The molecule has 0 N–H and O–H groups in total. The zero-order valence-electron chi connectivity index (χ0n) is 17.5. The topological polar surface area (TPSA) is 70.9 Å². The van der Waals surface area contributed by atoms with Crippen LogP contribution in [0.1, 0.15) is 15.9 Å². The number of morpholine rings is 1. The van der Waals surface area contributed by atoms with Gasteiger partial charge in [0, 0.05) is 76.6 Å². The number of pyridine rings is 2. The monoisotopic (exact) mass is 411 g/mol. The number of aromatic nitrogens is 2. The van der Waals surface area contributed by atoms with Gasteiger partial charge in [-0.15, -0.1) is 0 Å². The molecule has 0 unspecified atom stereocenters. The second-order valence-electron chi connectivity index (χ2n) is 7.81. The van der Waals surface area contributed by atoms with Gasteiger partial charge in [-0.2, -0.15) is 0 Å². The third-order valence-electron chi connectivity index (χ3n) is 5.94. The van der Waals surface area contributed by atoms with Crippen LogP contribution in [0.2, 0.25) is 0 Å². The van der Waals surface area contributed by atoms with E-state index in [9.17, 15) is 9.59 Å². The highest BCUT2D eigenvalue weighted by Gasteiger charge is 2.26. The molecule has 2 saturated heterocycles. The first-order valence-electron chi connectivity index (χ1n) is 10.6. The van der Waals surface area contributed by atoms with Gasteiger partial charge in [-0.05, 0) is 30.7 Å². The van der Waals surface area contributed by atoms with Crippen molar-refractivity contribution in [1.29, 1.82) is 0 Å². The molecule has 2 aliphatic rings. The fraction of sp³-hybridized carbons (Fsp3) is 0.500. The summed E-state index contributed by atoms with van der Waals surface area (Å²) in [5.41, 5.74) is 1.96. The maximum atomic E-state index is 13.2. The number of hydrogen-bond acceptors (Lipinski definition) is 6. The van der Waals surface area contributed by atoms with Gasteiger partial charge in [-0.1, -0.05) is 0 Å². The Hall–Kier alpha value is -2.71. The van der Waals surface area contributed by atoms with Crippen LogP contribution < -0.4 is 10.5 Å². The lowest BCUT2D eigenvalue weighted by Crippen LogP contribution is -2.50. The van der Waals surface area contributed by atoms with Crippen molar-refractivity contribution in [1.82, 2.24) is 19.4 Å². The second kappa shape index (κ2) is 9.40. The number of carbonyl (C=O) groups excluding carboxylic acids is 1. The summed E-state index contributed by atoms with van der Waals surface area (Å²) in [6.45, 7) is 9.12. The third kappa shape index (κ3) is 4.55. The molecule has 1 amide bonds. The minimum absolute atomic E-state index is 0.160. The fourth-order valence-corrected chi connectivity index (χ4v) is 4.06. The number of aryl methyl sites for hydroxylation is 1. The third-order valence-corrected chi connectivity index (χ3v) is 5.94.